The molecule has 1 saturated carbocycles. The third-order valence-corrected chi connectivity index (χ3v) is 4.18. The second-order valence-corrected chi connectivity index (χ2v) is 5.93. The molecule has 1 atom stereocenters. The Kier molecular flexibility index (Phi) is 5.10. The molecule has 0 amide bonds. The van der Waals surface area contributed by atoms with E-state index in [-0.39, 0.29) is 17.9 Å². The van der Waals surface area contributed by atoms with Gasteiger partial charge < -0.3 is 24.4 Å². The quantitative estimate of drug-likeness (QED) is 0.778. The minimum atomic E-state index is -0.885. The third-order valence-electron chi connectivity index (χ3n) is 4.18. The lowest BCUT2D eigenvalue weighted by Gasteiger charge is -2.34. The van der Waals surface area contributed by atoms with Crippen LogP contribution in [0.25, 0.3) is 0 Å². The maximum absolute atomic E-state index is 9.90. The minimum absolute atomic E-state index is 0.156. The van der Waals surface area contributed by atoms with Crippen molar-refractivity contribution in [1.29, 1.82) is 0 Å². The SMILES string of the molecule is C=C(C)B1OC(O)=CN(C(C)C2CCCCC2)/C=C(/O)O1. The molecule has 1 aliphatic heterocycles. The first-order valence-corrected chi connectivity index (χ1v) is 7.55. The molecule has 0 saturated heterocycles. The van der Waals surface area contributed by atoms with Gasteiger partial charge in [-0.15, -0.1) is 6.58 Å². The van der Waals surface area contributed by atoms with E-state index in [2.05, 4.69) is 13.5 Å². The molecule has 2 rings (SSSR count). The molecular formula is C15H24BNO4. The summed E-state index contributed by atoms with van der Waals surface area (Å²) in [4.78, 5) is 1.76. The van der Waals surface area contributed by atoms with Crippen LogP contribution in [0.15, 0.2) is 36.3 Å². The third kappa shape index (κ3) is 4.13. The normalized spacial score (nSPS) is 24.7. The Balaban J connectivity index is 2.13. The average molecular weight is 293 g/mol. The Labute approximate surface area is 126 Å². The lowest BCUT2D eigenvalue weighted by atomic mass is 9.80. The molecule has 0 aromatic rings. The van der Waals surface area contributed by atoms with Crippen LogP contribution in [0.1, 0.15) is 46.0 Å². The van der Waals surface area contributed by atoms with Crippen LogP contribution in [-0.2, 0) is 9.31 Å². The fourth-order valence-corrected chi connectivity index (χ4v) is 2.89. The lowest BCUT2D eigenvalue weighted by Crippen LogP contribution is -2.35. The molecule has 6 heteroatoms. The summed E-state index contributed by atoms with van der Waals surface area (Å²) in [5, 5.41) is 19.8. The smallest absolute Gasteiger partial charge is 0.494 e. The van der Waals surface area contributed by atoms with Crippen LogP contribution in [0, 0.1) is 5.92 Å². The first-order valence-electron chi connectivity index (χ1n) is 7.55. The van der Waals surface area contributed by atoms with Crippen LogP contribution in [0.5, 0.6) is 0 Å². The van der Waals surface area contributed by atoms with E-state index >= 15 is 0 Å². The summed E-state index contributed by atoms with van der Waals surface area (Å²) in [6.07, 6.45) is 9.08. The summed E-state index contributed by atoms with van der Waals surface area (Å²) in [5.41, 5.74) is 0.559. The molecule has 0 spiro atoms. The fraction of sp³-hybridized carbons (Fsp3) is 0.600. The van der Waals surface area contributed by atoms with E-state index in [1.807, 2.05) is 0 Å². The summed E-state index contributed by atoms with van der Waals surface area (Å²) in [5.74, 6) is 0.0482. The van der Waals surface area contributed by atoms with Crippen LogP contribution in [0.3, 0.4) is 0 Å². The number of allylic oxidation sites excluding steroid dienone is 1. The van der Waals surface area contributed by atoms with Crippen molar-refractivity contribution in [3.63, 3.8) is 0 Å². The van der Waals surface area contributed by atoms with Crippen molar-refractivity contribution >= 4 is 7.12 Å². The Hall–Kier alpha value is -1.72. The Morgan fingerprint density at radius 2 is 1.76 bits per heavy atom. The van der Waals surface area contributed by atoms with Gasteiger partial charge in [0.25, 0.3) is 11.9 Å². The highest BCUT2D eigenvalue weighted by molar-refractivity contribution is 6.53. The van der Waals surface area contributed by atoms with Gasteiger partial charge in [-0.05, 0) is 38.1 Å². The van der Waals surface area contributed by atoms with Gasteiger partial charge >= 0.3 is 7.12 Å². The number of hydrogen-bond donors (Lipinski definition) is 2. The summed E-state index contributed by atoms with van der Waals surface area (Å²) in [6.45, 7) is 7.50. The molecule has 116 valence electrons. The zero-order valence-corrected chi connectivity index (χ0v) is 12.8. The molecule has 5 nitrogen and oxygen atoms in total. The van der Waals surface area contributed by atoms with Gasteiger partial charge in [0, 0.05) is 6.04 Å². The maximum atomic E-state index is 9.90. The van der Waals surface area contributed by atoms with Crippen molar-refractivity contribution in [2.45, 2.75) is 52.0 Å². The number of rotatable bonds is 3. The van der Waals surface area contributed by atoms with E-state index in [9.17, 15) is 10.2 Å². The van der Waals surface area contributed by atoms with E-state index in [1.54, 1.807) is 11.8 Å². The topological polar surface area (TPSA) is 62.2 Å². The number of aliphatic hydroxyl groups is 2. The Morgan fingerprint density at radius 1 is 1.24 bits per heavy atom. The molecule has 2 aliphatic rings. The number of nitrogens with zero attached hydrogens (tertiary/aromatic N) is 1. The van der Waals surface area contributed by atoms with Gasteiger partial charge in [-0.1, -0.05) is 19.3 Å². The molecule has 1 unspecified atom stereocenters. The average Bonchev–Trinajstić information content (AvgIpc) is 2.44. The number of aliphatic hydroxyl groups excluding tert-OH is 2. The van der Waals surface area contributed by atoms with Gasteiger partial charge in [-0.2, -0.15) is 0 Å². The standard InChI is InChI=1S/C15H24BNO4/c1-11(2)16-20-14(18)9-17(10-15(19)21-16)12(3)13-7-5-4-6-8-13/h9-10,12-13,18-19H,1,4-8H2,2-3H3/b14-9-,15-10?. The van der Waals surface area contributed by atoms with Crippen molar-refractivity contribution in [2.75, 3.05) is 0 Å². The Morgan fingerprint density at radius 3 is 2.24 bits per heavy atom. The molecule has 2 N–H and O–H groups in total. The van der Waals surface area contributed by atoms with Crippen molar-refractivity contribution in [3.8, 4) is 0 Å². The van der Waals surface area contributed by atoms with Gasteiger partial charge in [0.05, 0.1) is 12.4 Å². The van der Waals surface area contributed by atoms with Crippen LogP contribution in [0.4, 0.5) is 0 Å². The second-order valence-electron chi connectivity index (χ2n) is 5.93. The summed E-state index contributed by atoms with van der Waals surface area (Å²) in [7, 11) is -0.885. The Bertz CT molecular complexity index is 421. The molecule has 0 aromatic carbocycles. The second kappa shape index (κ2) is 6.83. The zero-order valence-electron chi connectivity index (χ0n) is 12.8. The summed E-state index contributed by atoms with van der Waals surface area (Å²) < 4.78 is 10.5. The van der Waals surface area contributed by atoms with E-state index in [0.717, 1.165) is 12.8 Å². The van der Waals surface area contributed by atoms with Crippen molar-refractivity contribution in [3.05, 3.63) is 36.3 Å². The van der Waals surface area contributed by atoms with Crippen LogP contribution in [0.2, 0.25) is 0 Å². The van der Waals surface area contributed by atoms with E-state index in [0.29, 0.717) is 11.4 Å². The zero-order chi connectivity index (χ0) is 15.4. The van der Waals surface area contributed by atoms with E-state index < -0.39 is 7.12 Å². The minimum Gasteiger partial charge on any atom is -0.494 e. The van der Waals surface area contributed by atoms with Gasteiger partial charge in [0.2, 0.25) is 0 Å². The van der Waals surface area contributed by atoms with E-state index in [4.69, 9.17) is 9.31 Å². The predicted molar refractivity (Wildman–Crippen MR) is 82.0 cm³/mol. The van der Waals surface area contributed by atoms with Crippen molar-refractivity contribution in [1.82, 2.24) is 4.90 Å². The van der Waals surface area contributed by atoms with Gasteiger partial charge in [0.1, 0.15) is 0 Å². The fourth-order valence-electron chi connectivity index (χ4n) is 2.89. The largest absolute Gasteiger partial charge is 0.631 e. The van der Waals surface area contributed by atoms with Crippen LogP contribution in [-0.4, -0.2) is 28.3 Å². The lowest BCUT2D eigenvalue weighted by molar-refractivity contribution is 0.107. The predicted octanol–water partition coefficient (Wildman–Crippen LogP) is 3.62. The first kappa shape index (κ1) is 15.7. The maximum Gasteiger partial charge on any atom is 0.631 e. The first-order chi connectivity index (χ1) is 9.97. The summed E-state index contributed by atoms with van der Waals surface area (Å²) in [6, 6.07) is 0.156. The highest BCUT2D eigenvalue weighted by Crippen LogP contribution is 2.30. The molecular weight excluding hydrogens is 269 g/mol. The molecule has 1 fully saturated rings. The monoisotopic (exact) mass is 293 g/mol. The van der Waals surface area contributed by atoms with Gasteiger partial charge in [0.15, 0.2) is 0 Å². The van der Waals surface area contributed by atoms with Gasteiger partial charge in [-0.3, -0.25) is 0 Å². The summed E-state index contributed by atoms with van der Waals surface area (Å²) >= 11 is 0. The molecule has 0 bridgehead atoms. The molecule has 0 aromatic heterocycles. The molecule has 1 aliphatic carbocycles. The van der Waals surface area contributed by atoms with Crippen LogP contribution >= 0.6 is 0 Å². The van der Waals surface area contributed by atoms with Crippen molar-refractivity contribution in [2.24, 2.45) is 5.92 Å². The molecule has 0 radical (unpaired) electrons. The highest BCUT2D eigenvalue weighted by atomic mass is 16.7. The van der Waals surface area contributed by atoms with Gasteiger partial charge in [-0.25, -0.2) is 0 Å². The highest BCUT2D eigenvalue weighted by Gasteiger charge is 2.30. The van der Waals surface area contributed by atoms with E-state index in [1.165, 1.54) is 31.7 Å². The number of hydrogen-bond acceptors (Lipinski definition) is 5. The van der Waals surface area contributed by atoms with Crippen molar-refractivity contribution < 1.29 is 19.5 Å². The molecule has 21 heavy (non-hydrogen) atoms. The molecule has 1 heterocycles. The van der Waals surface area contributed by atoms with Crippen LogP contribution < -0.4 is 0 Å².